The summed E-state index contributed by atoms with van der Waals surface area (Å²) >= 11 is 0. The topological polar surface area (TPSA) is 67.9 Å². The van der Waals surface area contributed by atoms with Gasteiger partial charge in [0.1, 0.15) is 6.04 Å². The van der Waals surface area contributed by atoms with Crippen LogP contribution in [0.3, 0.4) is 0 Å². The fourth-order valence-corrected chi connectivity index (χ4v) is 3.77. The molecule has 6 heteroatoms. The number of amides is 2. The maximum Gasteiger partial charge on any atom is 0.242 e. The summed E-state index contributed by atoms with van der Waals surface area (Å²) in [5, 5.41) is 2.97. The van der Waals surface area contributed by atoms with Crippen LogP contribution in [0.4, 0.5) is 0 Å². The third kappa shape index (κ3) is 8.40. The third-order valence-corrected chi connectivity index (χ3v) is 5.67. The van der Waals surface area contributed by atoms with E-state index in [4.69, 9.17) is 9.47 Å². The monoisotopic (exact) mass is 468 g/mol. The highest BCUT2D eigenvalue weighted by Gasteiger charge is 2.26. The van der Waals surface area contributed by atoms with Crippen LogP contribution in [-0.4, -0.2) is 42.5 Å². The van der Waals surface area contributed by atoms with E-state index in [-0.39, 0.29) is 11.8 Å². The van der Waals surface area contributed by atoms with Crippen LogP contribution in [0.1, 0.15) is 63.6 Å². The van der Waals surface area contributed by atoms with E-state index in [1.807, 2.05) is 57.2 Å². The lowest BCUT2D eigenvalue weighted by atomic mass is 10.1. The Bertz CT molecular complexity index is 928. The van der Waals surface area contributed by atoms with Gasteiger partial charge >= 0.3 is 0 Å². The number of hydrogen-bond donors (Lipinski definition) is 1. The number of unbranched alkanes of at least 4 members (excludes halogenated alkanes) is 1. The number of carbonyl (C=O) groups excluding carboxylic acids is 2. The van der Waals surface area contributed by atoms with Gasteiger partial charge in [-0.2, -0.15) is 0 Å². The molecule has 1 N–H and O–H groups in total. The van der Waals surface area contributed by atoms with Crippen molar-refractivity contribution in [1.82, 2.24) is 10.2 Å². The van der Waals surface area contributed by atoms with Gasteiger partial charge in [0, 0.05) is 19.5 Å². The van der Waals surface area contributed by atoms with E-state index >= 15 is 0 Å². The number of hydrogen-bond acceptors (Lipinski definition) is 4. The standard InChI is InChI=1S/C28H40N2O4/c1-6-9-17-29-28(32)22(5)30(20-24-12-10-11-21(4)18-24)27(31)16-14-23-13-15-25(33-7-2)26(19-23)34-8-3/h10-13,15,18-19,22H,6-9,14,16-17,20H2,1-5H3,(H,29,32). The number of nitrogens with one attached hydrogen (secondary N) is 1. The van der Waals surface area contributed by atoms with Gasteiger partial charge in [0.05, 0.1) is 13.2 Å². The number of ether oxygens (including phenoxy) is 2. The molecule has 6 nitrogen and oxygen atoms in total. The number of nitrogens with zero attached hydrogens (tertiary/aromatic N) is 1. The summed E-state index contributed by atoms with van der Waals surface area (Å²) < 4.78 is 11.4. The zero-order valence-electron chi connectivity index (χ0n) is 21.4. The van der Waals surface area contributed by atoms with E-state index in [9.17, 15) is 9.59 Å². The van der Waals surface area contributed by atoms with Crippen molar-refractivity contribution in [1.29, 1.82) is 0 Å². The van der Waals surface area contributed by atoms with Crippen molar-refractivity contribution in [3.8, 4) is 11.5 Å². The molecule has 34 heavy (non-hydrogen) atoms. The molecule has 0 aliphatic rings. The molecule has 2 amide bonds. The fourth-order valence-electron chi connectivity index (χ4n) is 3.77. The second-order valence-electron chi connectivity index (χ2n) is 8.48. The molecular weight excluding hydrogens is 428 g/mol. The van der Waals surface area contributed by atoms with E-state index in [2.05, 4.69) is 18.3 Å². The first-order valence-electron chi connectivity index (χ1n) is 12.4. The highest BCUT2D eigenvalue weighted by Crippen LogP contribution is 2.29. The molecule has 0 heterocycles. The smallest absolute Gasteiger partial charge is 0.242 e. The Morgan fingerprint density at radius 1 is 0.971 bits per heavy atom. The van der Waals surface area contributed by atoms with Gasteiger partial charge in [0.25, 0.3) is 0 Å². The second kappa shape index (κ2) is 14.3. The lowest BCUT2D eigenvalue weighted by molar-refractivity contribution is -0.140. The molecule has 0 aliphatic carbocycles. The number of carbonyl (C=O) groups is 2. The highest BCUT2D eigenvalue weighted by atomic mass is 16.5. The summed E-state index contributed by atoms with van der Waals surface area (Å²) in [6.45, 7) is 11.9. The quantitative estimate of drug-likeness (QED) is 0.394. The Hall–Kier alpha value is -3.02. The zero-order valence-corrected chi connectivity index (χ0v) is 21.4. The molecule has 0 saturated heterocycles. The first kappa shape index (κ1) is 27.2. The Morgan fingerprint density at radius 2 is 1.71 bits per heavy atom. The second-order valence-corrected chi connectivity index (χ2v) is 8.48. The van der Waals surface area contributed by atoms with Crippen LogP contribution in [0.25, 0.3) is 0 Å². The molecule has 0 saturated carbocycles. The number of aryl methyl sites for hydroxylation is 2. The van der Waals surface area contributed by atoms with Crippen LogP contribution >= 0.6 is 0 Å². The highest BCUT2D eigenvalue weighted by molar-refractivity contribution is 5.87. The summed E-state index contributed by atoms with van der Waals surface area (Å²) in [6.07, 6.45) is 2.79. The Balaban J connectivity index is 2.15. The Morgan fingerprint density at radius 3 is 2.38 bits per heavy atom. The van der Waals surface area contributed by atoms with Crippen molar-refractivity contribution >= 4 is 11.8 Å². The molecule has 2 rings (SSSR count). The minimum atomic E-state index is -0.552. The number of rotatable bonds is 14. The predicted molar refractivity (Wildman–Crippen MR) is 136 cm³/mol. The van der Waals surface area contributed by atoms with Crippen LogP contribution in [0.2, 0.25) is 0 Å². The van der Waals surface area contributed by atoms with Crippen LogP contribution < -0.4 is 14.8 Å². The Kier molecular flexibility index (Phi) is 11.4. The van der Waals surface area contributed by atoms with Crippen LogP contribution in [0.15, 0.2) is 42.5 Å². The molecule has 0 bridgehead atoms. The molecule has 2 aromatic carbocycles. The van der Waals surface area contributed by atoms with E-state index in [0.29, 0.717) is 50.6 Å². The van der Waals surface area contributed by atoms with Gasteiger partial charge in [-0.1, -0.05) is 49.2 Å². The van der Waals surface area contributed by atoms with Gasteiger partial charge in [-0.3, -0.25) is 9.59 Å². The maximum absolute atomic E-state index is 13.4. The molecular formula is C28H40N2O4. The molecule has 0 aromatic heterocycles. The lowest BCUT2D eigenvalue weighted by Crippen LogP contribution is -2.47. The van der Waals surface area contributed by atoms with Gasteiger partial charge in [-0.15, -0.1) is 0 Å². The maximum atomic E-state index is 13.4. The van der Waals surface area contributed by atoms with E-state index < -0.39 is 6.04 Å². The minimum Gasteiger partial charge on any atom is -0.490 e. The van der Waals surface area contributed by atoms with Crippen molar-refractivity contribution < 1.29 is 19.1 Å². The molecule has 0 spiro atoms. The average molecular weight is 469 g/mol. The van der Waals surface area contributed by atoms with Crippen molar-refractivity contribution in [2.45, 2.75) is 72.9 Å². The van der Waals surface area contributed by atoms with Crippen molar-refractivity contribution in [2.75, 3.05) is 19.8 Å². The average Bonchev–Trinajstić information content (AvgIpc) is 2.82. The molecule has 0 fully saturated rings. The molecule has 1 atom stereocenters. The van der Waals surface area contributed by atoms with Gasteiger partial charge in [0.2, 0.25) is 11.8 Å². The summed E-state index contributed by atoms with van der Waals surface area (Å²) in [6, 6.07) is 13.3. The van der Waals surface area contributed by atoms with Gasteiger partial charge < -0.3 is 19.7 Å². The molecule has 1 unspecified atom stereocenters. The zero-order chi connectivity index (χ0) is 24.9. The Labute approximate surface area is 204 Å². The fraction of sp³-hybridized carbons (Fsp3) is 0.500. The van der Waals surface area contributed by atoms with E-state index in [1.165, 1.54) is 0 Å². The first-order valence-corrected chi connectivity index (χ1v) is 12.4. The van der Waals surface area contributed by atoms with E-state index in [1.54, 1.807) is 11.8 Å². The van der Waals surface area contributed by atoms with E-state index in [0.717, 1.165) is 29.5 Å². The SMILES string of the molecule is CCCCNC(=O)C(C)N(Cc1cccc(C)c1)C(=O)CCc1ccc(OCC)c(OCC)c1. The van der Waals surface area contributed by atoms with Crippen LogP contribution in [0, 0.1) is 6.92 Å². The predicted octanol–water partition coefficient (Wildman–Crippen LogP) is 5.06. The van der Waals surface area contributed by atoms with Gasteiger partial charge in [0.15, 0.2) is 11.5 Å². The molecule has 0 aliphatic heterocycles. The minimum absolute atomic E-state index is 0.0495. The summed E-state index contributed by atoms with van der Waals surface area (Å²) in [5.74, 6) is 1.23. The van der Waals surface area contributed by atoms with Crippen LogP contribution in [0.5, 0.6) is 11.5 Å². The van der Waals surface area contributed by atoms with Crippen LogP contribution in [-0.2, 0) is 22.6 Å². The van der Waals surface area contributed by atoms with Gasteiger partial charge in [-0.05, 0) is 63.8 Å². The van der Waals surface area contributed by atoms with Crippen molar-refractivity contribution in [3.05, 3.63) is 59.2 Å². The van der Waals surface area contributed by atoms with Gasteiger partial charge in [-0.25, -0.2) is 0 Å². The number of benzene rings is 2. The third-order valence-electron chi connectivity index (χ3n) is 5.67. The summed E-state index contributed by atoms with van der Waals surface area (Å²) in [5.41, 5.74) is 3.14. The normalized spacial score (nSPS) is 11.6. The molecule has 186 valence electrons. The summed E-state index contributed by atoms with van der Waals surface area (Å²) in [7, 11) is 0. The van der Waals surface area contributed by atoms with Crippen molar-refractivity contribution in [3.63, 3.8) is 0 Å². The largest absolute Gasteiger partial charge is 0.490 e. The summed E-state index contributed by atoms with van der Waals surface area (Å²) in [4.78, 5) is 27.8. The lowest BCUT2D eigenvalue weighted by Gasteiger charge is -2.29. The molecule has 0 radical (unpaired) electrons. The molecule has 2 aromatic rings. The first-order chi connectivity index (χ1) is 16.4. The van der Waals surface area contributed by atoms with Crippen molar-refractivity contribution in [2.24, 2.45) is 0 Å².